The van der Waals surface area contributed by atoms with Gasteiger partial charge in [0.25, 0.3) is 0 Å². The SMILES string of the molecule is CC.CC.CCc1ccccc1C(C)(C)OCCSc1ccccn1. The average molecular weight is 362 g/mol. The lowest BCUT2D eigenvalue weighted by Gasteiger charge is -2.28. The van der Waals surface area contributed by atoms with Gasteiger partial charge in [0.15, 0.2) is 0 Å². The first-order chi connectivity index (χ1) is 12.1. The minimum absolute atomic E-state index is 0.253. The van der Waals surface area contributed by atoms with E-state index in [1.165, 1.54) is 11.1 Å². The van der Waals surface area contributed by atoms with Gasteiger partial charge in [0.2, 0.25) is 0 Å². The Hall–Kier alpha value is -1.32. The molecule has 0 unspecified atom stereocenters. The van der Waals surface area contributed by atoms with Gasteiger partial charge in [0, 0.05) is 11.9 Å². The number of pyridine rings is 1. The molecule has 0 radical (unpaired) electrons. The number of aryl methyl sites for hydroxylation is 1. The van der Waals surface area contributed by atoms with E-state index in [-0.39, 0.29) is 5.60 Å². The van der Waals surface area contributed by atoms with Crippen molar-refractivity contribution >= 4 is 11.8 Å². The molecule has 0 fully saturated rings. The van der Waals surface area contributed by atoms with Crippen molar-refractivity contribution in [2.24, 2.45) is 0 Å². The number of thioether (sulfide) groups is 1. The van der Waals surface area contributed by atoms with E-state index < -0.39 is 0 Å². The lowest BCUT2D eigenvalue weighted by molar-refractivity contribution is -0.0130. The third-order valence-corrected chi connectivity index (χ3v) is 4.39. The molecule has 140 valence electrons. The molecule has 1 aromatic heterocycles. The minimum atomic E-state index is -0.253. The molecule has 2 rings (SSSR count). The van der Waals surface area contributed by atoms with Crippen molar-refractivity contribution in [3.63, 3.8) is 0 Å². The first kappa shape index (κ1) is 23.7. The molecule has 0 aliphatic rings. The Morgan fingerprint density at radius 1 is 0.960 bits per heavy atom. The molecule has 2 nitrogen and oxygen atoms in total. The highest BCUT2D eigenvalue weighted by atomic mass is 32.2. The first-order valence-corrected chi connectivity index (χ1v) is 10.4. The van der Waals surface area contributed by atoms with Crippen molar-refractivity contribution in [3.05, 3.63) is 59.8 Å². The molecule has 0 amide bonds. The van der Waals surface area contributed by atoms with Gasteiger partial charge in [0.1, 0.15) is 0 Å². The Balaban J connectivity index is 0.00000134. The predicted molar refractivity (Wildman–Crippen MR) is 112 cm³/mol. The summed E-state index contributed by atoms with van der Waals surface area (Å²) < 4.78 is 6.13. The van der Waals surface area contributed by atoms with Crippen LogP contribution >= 0.6 is 11.8 Å². The monoisotopic (exact) mass is 361 g/mol. The second kappa shape index (κ2) is 13.9. The topological polar surface area (TPSA) is 22.1 Å². The van der Waals surface area contributed by atoms with Crippen LogP contribution in [0.4, 0.5) is 0 Å². The predicted octanol–water partition coefficient (Wildman–Crippen LogP) is 6.74. The molecular weight excluding hydrogens is 326 g/mol. The number of aromatic nitrogens is 1. The molecule has 0 atom stereocenters. The van der Waals surface area contributed by atoms with Crippen LogP contribution in [-0.2, 0) is 16.8 Å². The highest BCUT2D eigenvalue weighted by Gasteiger charge is 2.23. The Morgan fingerprint density at radius 3 is 2.20 bits per heavy atom. The number of hydrogen-bond acceptors (Lipinski definition) is 3. The number of hydrogen-bond donors (Lipinski definition) is 0. The fraction of sp³-hybridized carbons (Fsp3) is 0.500. The van der Waals surface area contributed by atoms with E-state index in [9.17, 15) is 0 Å². The molecule has 3 heteroatoms. The van der Waals surface area contributed by atoms with Gasteiger partial charge in [-0.1, -0.05) is 65.0 Å². The van der Waals surface area contributed by atoms with Gasteiger partial charge in [-0.05, 0) is 43.5 Å². The summed E-state index contributed by atoms with van der Waals surface area (Å²) in [6.45, 7) is 15.2. The summed E-state index contributed by atoms with van der Waals surface area (Å²) in [4.78, 5) is 4.31. The fourth-order valence-electron chi connectivity index (χ4n) is 2.37. The molecular formula is C22H35NOS. The van der Waals surface area contributed by atoms with Gasteiger partial charge in [-0.25, -0.2) is 4.98 Å². The molecule has 0 N–H and O–H groups in total. The lowest BCUT2D eigenvalue weighted by Crippen LogP contribution is -2.24. The fourth-order valence-corrected chi connectivity index (χ4v) is 3.06. The highest BCUT2D eigenvalue weighted by Crippen LogP contribution is 2.28. The largest absolute Gasteiger partial charge is 0.370 e. The maximum atomic E-state index is 6.13. The Morgan fingerprint density at radius 2 is 1.60 bits per heavy atom. The zero-order chi connectivity index (χ0) is 19.1. The quantitative estimate of drug-likeness (QED) is 0.403. The Kier molecular flexibility index (Phi) is 13.2. The van der Waals surface area contributed by atoms with Gasteiger partial charge in [-0.2, -0.15) is 0 Å². The summed E-state index contributed by atoms with van der Waals surface area (Å²) in [5.41, 5.74) is 2.40. The van der Waals surface area contributed by atoms with Crippen LogP contribution < -0.4 is 0 Å². The minimum Gasteiger partial charge on any atom is -0.370 e. The maximum absolute atomic E-state index is 6.13. The van der Waals surface area contributed by atoms with Crippen molar-refractivity contribution in [2.75, 3.05) is 12.4 Å². The van der Waals surface area contributed by atoms with Crippen LogP contribution in [0, 0.1) is 0 Å². The average Bonchev–Trinajstić information content (AvgIpc) is 2.69. The zero-order valence-electron chi connectivity index (χ0n) is 17.0. The highest BCUT2D eigenvalue weighted by molar-refractivity contribution is 7.99. The summed E-state index contributed by atoms with van der Waals surface area (Å²) in [5.74, 6) is 0.911. The number of ether oxygens (including phenoxy) is 1. The molecule has 1 aromatic carbocycles. The maximum Gasteiger partial charge on any atom is 0.0960 e. The summed E-state index contributed by atoms with van der Waals surface area (Å²) in [6, 6.07) is 14.5. The van der Waals surface area contributed by atoms with Crippen molar-refractivity contribution in [2.45, 2.75) is 65.5 Å². The van der Waals surface area contributed by atoms with Crippen molar-refractivity contribution < 1.29 is 4.74 Å². The lowest BCUT2D eigenvalue weighted by atomic mass is 9.92. The summed E-state index contributed by atoms with van der Waals surface area (Å²) >= 11 is 1.73. The van der Waals surface area contributed by atoms with Crippen LogP contribution in [0.3, 0.4) is 0 Å². The normalized spacial score (nSPS) is 10.2. The Labute approximate surface area is 159 Å². The third kappa shape index (κ3) is 8.55. The summed E-state index contributed by atoms with van der Waals surface area (Å²) in [6.07, 6.45) is 2.86. The van der Waals surface area contributed by atoms with Crippen LogP contribution in [-0.4, -0.2) is 17.3 Å². The van der Waals surface area contributed by atoms with E-state index in [0.29, 0.717) is 6.61 Å². The smallest absolute Gasteiger partial charge is 0.0960 e. The number of benzene rings is 1. The Bertz CT molecular complexity index is 555. The van der Waals surface area contributed by atoms with Crippen LogP contribution in [0.15, 0.2) is 53.7 Å². The molecule has 0 bridgehead atoms. The standard InChI is InChI=1S/C18H23NOS.2C2H6/c1-4-15-9-5-6-10-16(15)18(2,3)20-13-14-21-17-11-7-8-12-19-17;2*1-2/h5-12H,4,13-14H2,1-3H3;2*1-2H3. The van der Waals surface area contributed by atoms with E-state index in [1.54, 1.807) is 11.8 Å². The molecule has 25 heavy (non-hydrogen) atoms. The van der Waals surface area contributed by atoms with Crippen LogP contribution in [0.5, 0.6) is 0 Å². The van der Waals surface area contributed by atoms with Gasteiger partial charge in [-0.15, -0.1) is 11.8 Å². The van der Waals surface area contributed by atoms with Crippen molar-refractivity contribution in [1.82, 2.24) is 4.98 Å². The van der Waals surface area contributed by atoms with Crippen LogP contribution in [0.1, 0.15) is 59.6 Å². The molecule has 0 saturated carbocycles. The van der Waals surface area contributed by atoms with E-state index in [1.807, 2.05) is 52.1 Å². The second-order valence-electron chi connectivity index (χ2n) is 5.39. The molecule has 0 aliphatic carbocycles. The summed E-state index contributed by atoms with van der Waals surface area (Å²) in [7, 11) is 0. The van der Waals surface area contributed by atoms with Crippen LogP contribution in [0.25, 0.3) is 0 Å². The molecule has 0 saturated heterocycles. The first-order valence-electron chi connectivity index (χ1n) is 9.39. The van der Waals surface area contributed by atoms with Gasteiger partial charge >= 0.3 is 0 Å². The van der Waals surface area contributed by atoms with Gasteiger partial charge in [0.05, 0.1) is 17.2 Å². The zero-order valence-corrected chi connectivity index (χ0v) is 17.8. The summed E-state index contributed by atoms with van der Waals surface area (Å²) in [5, 5.41) is 1.05. The second-order valence-corrected chi connectivity index (χ2v) is 6.50. The van der Waals surface area contributed by atoms with E-state index >= 15 is 0 Å². The van der Waals surface area contributed by atoms with E-state index in [2.05, 4.69) is 50.0 Å². The van der Waals surface area contributed by atoms with Crippen molar-refractivity contribution in [3.8, 4) is 0 Å². The molecule has 1 heterocycles. The third-order valence-electron chi connectivity index (χ3n) is 3.48. The molecule has 0 spiro atoms. The molecule has 2 aromatic rings. The van der Waals surface area contributed by atoms with Gasteiger partial charge in [-0.3, -0.25) is 0 Å². The van der Waals surface area contributed by atoms with E-state index in [0.717, 1.165) is 17.2 Å². The van der Waals surface area contributed by atoms with Crippen molar-refractivity contribution in [1.29, 1.82) is 0 Å². The van der Waals surface area contributed by atoms with E-state index in [4.69, 9.17) is 4.74 Å². The van der Waals surface area contributed by atoms with Crippen LogP contribution in [0.2, 0.25) is 0 Å². The molecule has 0 aliphatic heterocycles. The number of nitrogens with zero attached hydrogens (tertiary/aromatic N) is 1. The number of rotatable bonds is 7. The van der Waals surface area contributed by atoms with Gasteiger partial charge < -0.3 is 4.74 Å².